The Hall–Kier alpha value is -0.530. The Kier molecular flexibility index (Phi) is 4.82. The lowest BCUT2D eigenvalue weighted by molar-refractivity contribution is -0.157. The molecule has 3 unspecified atom stereocenters. The summed E-state index contributed by atoms with van der Waals surface area (Å²) in [4.78, 5) is 10.7. The van der Waals surface area contributed by atoms with Crippen molar-refractivity contribution >= 4 is 6.47 Å². The molecule has 1 saturated carbocycles. The summed E-state index contributed by atoms with van der Waals surface area (Å²) in [5.41, 5.74) is -0.207. The Labute approximate surface area is 99.8 Å². The van der Waals surface area contributed by atoms with Crippen molar-refractivity contribution in [3.05, 3.63) is 0 Å². The lowest BCUT2D eigenvalue weighted by Crippen LogP contribution is -2.45. The Morgan fingerprint density at radius 1 is 1.25 bits per heavy atom. The molecule has 0 aliphatic heterocycles. The van der Waals surface area contributed by atoms with Crippen molar-refractivity contribution in [3.8, 4) is 0 Å². The van der Waals surface area contributed by atoms with Crippen molar-refractivity contribution < 1.29 is 9.53 Å². The van der Waals surface area contributed by atoms with Gasteiger partial charge in [0.25, 0.3) is 6.47 Å². The summed E-state index contributed by atoms with van der Waals surface area (Å²) in [6.45, 7) is 9.56. The summed E-state index contributed by atoms with van der Waals surface area (Å²) >= 11 is 0. The van der Waals surface area contributed by atoms with E-state index in [0.717, 1.165) is 18.8 Å². The number of carbonyl (C=O) groups is 1. The molecule has 0 N–H and O–H groups in total. The molecular weight excluding hydrogens is 200 g/mol. The Morgan fingerprint density at radius 2 is 1.88 bits per heavy atom. The maximum absolute atomic E-state index is 10.7. The van der Waals surface area contributed by atoms with Crippen LogP contribution in [0.5, 0.6) is 0 Å². The van der Waals surface area contributed by atoms with Gasteiger partial charge in [-0.05, 0) is 37.5 Å². The van der Waals surface area contributed by atoms with Crippen LogP contribution in [-0.2, 0) is 9.53 Å². The molecule has 1 aliphatic carbocycles. The number of ether oxygens (including phenoxy) is 1. The van der Waals surface area contributed by atoms with Crippen LogP contribution in [0.25, 0.3) is 0 Å². The van der Waals surface area contributed by atoms with Crippen molar-refractivity contribution in [1.29, 1.82) is 0 Å². The van der Waals surface area contributed by atoms with Crippen LogP contribution >= 0.6 is 0 Å². The molecule has 0 aromatic rings. The van der Waals surface area contributed by atoms with E-state index in [0.29, 0.717) is 18.3 Å². The van der Waals surface area contributed by atoms with Gasteiger partial charge in [0, 0.05) is 5.92 Å². The third-order valence-corrected chi connectivity index (χ3v) is 4.59. The third-order valence-electron chi connectivity index (χ3n) is 4.59. The summed E-state index contributed by atoms with van der Waals surface area (Å²) in [5.74, 6) is 2.04. The lowest BCUT2D eigenvalue weighted by atomic mass is 9.66. The molecule has 2 nitrogen and oxygen atoms in total. The van der Waals surface area contributed by atoms with E-state index in [4.69, 9.17) is 4.74 Å². The zero-order chi connectivity index (χ0) is 12.2. The largest absolute Gasteiger partial charge is 0.461 e. The van der Waals surface area contributed by atoms with Crippen LogP contribution in [-0.4, -0.2) is 12.1 Å². The predicted octanol–water partition coefficient (Wildman–Crippen LogP) is 3.79. The molecule has 2 heteroatoms. The van der Waals surface area contributed by atoms with Crippen LogP contribution in [0, 0.1) is 17.8 Å². The first kappa shape index (κ1) is 13.5. The van der Waals surface area contributed by atoms with E-state index in [1.165, 1.54) is 19.3 Å². The zero-order valence-electron chi connectivity index (χ0n) is 11.2. The van der Waals surface area contributed by atoms with Gasteiger partial charge in [-0.1, -0.05) is 34.1 Å². The molecule has 0 aromatic carbocycles. The summed E-state index contributed by atoms with van der Waals surface area (Å²) < 4.78 is 5.49. The molecule has 3 atom stereocenters. The monoisotopic (exact) mass is 226 g/mol. The predicted molar refractivity (Wildman–Crippen MR) is 66.1 cm³/mol. The quantitative estimate of drug-likeness (QED) is 0.667. The molecule has 0 saturated heterocycles. The minimum atomic E-state index is -0.207. The molecule has 16 heavy (non-hydrogen) atoms. The van der Waals surface area contributed by atoms with Crippen molar-refractivity contribution in [1.82, 2.24) is 0 Å². The number of carbonyl (C=O) groups excluding carboxylic acids is 1. The molecule has 1 rings (SSSR count). The van der Waals surface area contributed by atoms with Crippen molar-refractivity contribution in [2.45, 2.75) is 65.4 Å². The first-order valence-corrected chi connectivity index (χ1v) is 6.71. The molecule has 0 spiro atoms. The van der Waals surface area contributed by atoms with Crippen LogP contribution < -0.4 is 0 Å². The molecule has 1 aliphatic rings. The highest BCUT2D eigenvalue weighted by Gasteiger charge is 2.42. The van der Waals surface area contributed by atoms with Crippen LogP contribution in [0.15, 0.2) is 0 Å². The Balaban J connectivity index is 2.81. The van der Waals surface area contributed by atoms with E-state index in [2.05, 4.69) is 27.7 Å². The molecule has 1 fully saturated rings. The van der Waals surface area contributed by atoms with E-state index in [1.54, 1.807) is 0 Å². The fourth-order valence-corrected chi connectivity index (χ4v) is 3.57. The maximum atomic E-state index is 10.7. The average molecular weight is 226 g/mol. The van der Waals surface area contributed by atoms with Gasteiger partial charge in [-0.15, -0.1) is 0 Å². The lowest BCUT2D eigenvalue weighted by Gasteiger charge is -2.44. The van der Waals surface area contributed by atoms with E-state index in [9.17, 15) is 4.79 Å². The maximum Gasteiger partial charge on any atom is 0.293 e. The fraction of sp³-hybridized carbons (Fsp3) is 0.929. The highest BCUT2D eigenvalue weighted by atomic mass is 16.5. The highest BCUT2D eigenvalue weighted by molar-refractivity contribution is 5.38. The Morgan fingerprint density at radius 3 is 2.31 bits per heavy atom. The molecule has 0 amide bonds. The molecule has 94 valence electrons. The van der Waals surface area contributed by atoms with Crippen LogP contribution in [0.3, 0.4) is 0 Å². The first-order chi connectivity index (χ1) is 7.59. The van der Waals surface area contributed by atoms with Gasteiger partial charge in [-0.3, -0.25) is 4.79 Å². The second kappa shape index (κ2) is 5.70. The standard InChI is InChI=1S/C14H26O2/c1-5-14(6-2,16-10-15)13-8-7-11(3)9-12(13)4/h10-13H,5-9H2,1-4H3. The van der Waals surface area contributed by atoms with E-state index in [-0.39, 0.29) is 5.60 Å². The van der Waals surface area contributed by atoms with Gasteiger partial charge in [0.15, 0.2) is 0 Å². The van der Waals surface area contributed by atoms with Crippen molar-refractivity contribution in [2.75, 3.05) is 0 Å². The SMILES string of the molecule is CCC(CC)(OC=O)C1CCC(C)CC1C. The second-order valence-electron chi connectivity index (χ2n) is 5.49. The number of rotatable bonds is 5. The molecule has 0 radical (unpaired) electrons. The molecular formula is C14H26O2. The van der Waals surface area contributed by atoms with Crippen LogP contribution in [0.2, 0.25) is 0 Å². The highest BCUT2D eigenvalue weighted by Crippen LogP contribution is 2.44. The van der Waals surface area contributed by atoms with Crippen LogP contribution in [0.1, 0.15) is 59.8 Å². The zero-order valence-corrected chi connectivity index (χ0v) is 11.2. The van der Waals surface area contributed by atoms with E-state index < -0.39 is 0 Å². The van der Waals surface area contributed by atoms with Crippen molar-refractivity contribution in [2.24, 2.45) is 17.8 Å². The van der Waals surface area contributed by atoms with Crippen LogP contribution in [0.4, 0.5) is 0 Å². The topological polar surface area (TPSA) is 26.3 Å². The molecule has 0 aromatic heterocycles. The summed E-state index contributed by atoms with van der Waals surface area (Å²) in [6, 6.07) is 0. The first-order valence-electron chi connectivity index (χ1n) is 6.71. The van der Waals surface area contributed by atoms with E-state index in [1.807, 2.05) is 0 Å². The summed E-state index contributed by atoms with van der Waals surface area (Å²) in [7, 11) is 0. The van der Waals surface area contributed by atoms with Crippen molar-refractivity contribution in [3.63, 3.8) is 0 Å². The second-order valence-corrected chi connectivity index (χ2v) is 5.49. The number of hydrogen-bond acceptors (Lipinski definition) is 2. The molecule has 0 heterocycles. The average Bonchev–Trinajstić information content (AvgIpc) is 2.27. The fourth-order valence-electron chi connectivity index (χ4n) is 3.57. The Bertz CT molecular complexity index is 221. The minimum Gasteiger partial charge on any atom is -0.461 e. The van der Waals surface area contributed by atoms with Gasteiger partial charge in [0.2, 0.25) is 0 Å². The smallest absolute Gasteiger partial charge is 0.293 e. The van der Waals surface area contributed by atoms with Gasteiger partial charge in [-0.2, -0.15) is 0 Å². The van der Waals surface area contributed by atoms with E-state index >= 15 is 0 Å². The van der Waals surface area contributed by atoms with Gasteiger partial charge < -0.3 is 4.74 Å². The van der Waals surface area contributed by atoms with Gasteiger partial charge >= 0.3 is 0 Å². The minimum absolute atomic E-state index is 0.207. The van der Waals surface area contributed by atoms with Gasteiger partial charge in [0.05, 0.1) is 0 Å². The summed E-state index contributed by atoms with van der Waals surface area (Å²) in [6.07, 6.45) is 5.63. The van der Waals surface area contributed by atoms with Gasteiger partial charge in [-0.25, -0.2) is 0 Å². The van der Waals surface area contributed by atoms with Gasteiger partial charge in [0.1, 0.15) is 5.60 Å². The number of hydrogen-bond donors (Lipinski definition) is 0. The summed E-state index contributed by atoms with van der Waals surface area (Å²) in [5, 5.41) is 0. The molecule has 0 bridgehead atoms. The normalized spacial score (nSPS) is 31.1. The third kappa shape index (κ3) is 2.58.